The predicted octanol–water partition coefficient (Wildman–Crippen LogP) is -1.01. The number of nitrogens with one attached hydrogen (secondary N) is 1. The molecule has 4 atom stereocenters. The summed E-state index contributed by atoms with van der Waals surface area (Å²) in [7, 11) is 0. The largest absolute Gasteiger partial charge is 0.458 e. The fraction of sp³-hybridized carbons (Fsp3) is 0.562. The van der Waals surface area contributed by atoms with E-state index in [1.54, 1.807) is 13.8 Å². The Morgan fingerprint density at radius 2 is 2.31 bits per heavy atom. The van der Waals surface area contributed by atoms with Crippen molar-refractivity contribution in [3.63, 3.8) is 0 Å². The lowest BCUT2D eigenvalue weighted by Crippen LogP contribution is -2.40. The predicted molar refractivity (Wildman–Crippen MR) is 87.6 cm³/mol. The molecule has 0 bridgehead atoms. The van der Waals surface area contributed by atoms with Crippen molar-refractivity contribution in [2.75, 3.05) is 6.61 Å². The lowest BCUT2D eigenvalue weighted by Gasteiger charge is -2.22. The van der Waals surface area contributed by atoms with Crippen LogP contribution in [0.25, 0.3) is 0 Å². The molecule has 0 amide bonds. The van der Waals surface area contributed by atoms with Gasteiger partial charge in [-0.05, 0) is 5.92 Å². The first-order chi connectivity index (χ1) is 12.1. The van der Waals surface area contributed by atoms with Crippen molar-refractivity contribution < 1.29 is 23.8 Å². The average molecular weight is 369 g/mol. The molecule has 2 rings (SSSR count). The first-order valence-corrected chi connectivity index (χ1v) is 7.87. The number of esters is 1. The standard InChI is InChI=1S/C16H20FN3O6/c1-4-9-6-20(15(24)19-12(9)22)13-10(21)5-16(17,26-13)7-25-14(23)11(18)8(2)3/h1,6,8,10-11,13,21H,5,7,18H2,2-3H3,(H,19,22,24)/t10-,11+,13-,16+/m1/s1. The van der Waals surface area contributed by atoms with Gasteiger partial charge in [0.25, 0.3) is 5.56 Å². The molecule has 0 radical (unpaired) electrons. The number of alkyl halides is 1. The fourth-order valence-corrected chi connectivity index (χ4v) is 2.42. The number of nitrogens with zero attached hydrogens (tertiary/aromatic N) is 1. The number of rotatable bonds is 5. The fourth-order valence-electron chi connectivity index (χ4n) is 2.42. The number of carbonyl (C=O) groups is 1. The van der Waals surface area contributed by atoms with Crippen molar-refractivity contribution in [2.45, 2.75) is 44.5 Å². The molecule has 0 aromatic carbocycles. The van der Waals surface area contributed by atoms with Gasteiger partial charge in [-0.15, -0.1) is 6.42 Å². The molecule has 0 spiro atoms. The number of aromatic nitrogens is 2. The Bertz CT molecular complexity index is 842. The van der Waals surface area contributed by atoms with Gasteiger partial charge < -0.3 is 20.3 Å². The Hall–Kier alpha value is -2.48. The lowest BCUT2D eigenvalue weighted by atomic mass is 10.1. The van der Waals surface area contributed by atoms with Crippen molar-refractivity contribution >= 4 is 5.97 Å². The van der Waals surface area contributed by atoms with E-state index in [1.165, 1.54) is 0 Å². The zero-order valence-corrected chi connectivity index (χ0v) is 14.3. The lowest BCUT2D eigenvalue weighted by molar-refractivity contribution is -0.196. The van der Waals surface area contributed by atoms with E-state index < -0.39 is 54.5 Å². The highest BCUT2D eigenvalue weighted by Gasteiger charge is 2.49. The van der Waals surface area contributed by atoms with Gasteiger partial charge in [-0.1, -0.05) is 19.8 Å². The number of hydrogen-bond donors (Lipinski definition) is 3. The Labute approximate surface area is 147 Å². The third-order valence-electron chi connectivity index (χ3n) is 3.99. The number of halogens is 1. The van der Waals surface area contributed by atoms with Crippen molar-refractivity contribution in [1.82, 2.24) is 9.55 Å². The summed E-state index contributed by atoms with van der Waals surface area (Å²) in [6.45, 7) is 2.60. The van der Waals surface area contributed by atoms with Gasteiger partial charge in [0.2, 0.25) is 5.85 Å². The Kier molecular flexibility index (Phi) is 5.65. The van der Waals surface area contributed by atoms with E-state index in [9.17, 15) is 23.9 Å². The van der Waals surface area contributed by atoms with Crippen molar-refractivity contribution in [3.05, 3.63) is 32.6 Å². The molecule has 2 heterocycles. The van der Waals surface area contributed by atoms with Gasteiger partial charge in [0.15, 0.2) is 12.8 Å². The minimum atomic E-state index is -2.53. The molecule has 142 valence electrons. The maximum Gasteiger partial charge on any atom is 0.330 e. The Morgan fingerprint density at radius 3 is 2.88 bits per heavy atom. The quantitative estimate of drug-likeness (QED) is 0.447. The monoisotopic (exact) mass is 369 g/mol. The first-order valence-electron chi connectivity index (χ1n) is 7.87. The van der Waals surface area contributed by atoms with Crippen LogP contribution in [0.15, 0.2) is 15.8 Å². The second-order valence-electron chi connectivity index (χ2n) is 6.39. The third kappa shape index (κ3) is 4.01. The van der Waals surface area contributed by atoms with Gasteiger partial charge in [-0.2, -0.15) is 0 Å². The van der Waals surface area contributed by atoms with E-state index in [-0.39, 0.29) is 11.5 Å². The molecule has 1 saturated heterocycles. The molecule has 1 aliphatic rings. The number of H-pyrrole nitrogens is 1. The maximum absolute atomic E-state index is 14.8. The van der Waals surface area contributed by atoms with Gasteiger partial charge in [0, 0.05) is 12.6 Å². The molecule has 26 heavy (non-hydrogen) atoms. The van der Waals surface area contributed by atoms with Crippen LogP contribution in [0, 0.1) is 18.3 Å². The molecule has 0 aliphatic carbocycles. The Morgan fingerprint density at radius 1 is 1.65 bits per heavy atom. The number of aromatic amines is 1. The van der Waals surface area contributed by atoms with Gasteiger partial charge in [-0.25, -0.2) is 9.18 Å². The summed E-state index contributed by atoms with van der Waals surface area (Å²) in [5.41, 5.74) is 3.71. The molecule has 0 unspecified atom stereocenters. The summed E-state index contributed by atoms with van der Waals surface area (Å²) in [5, 5.41) is 10.1. The van der Waals surface area contributed by atoms with E-state index in [0.29, 0.717) is 0 Å². The van der Waals surface area contributed by atoms with E-state index in [4.69, 9.17) is 21.6 Å². The summed E-state index contributed by atoms with van der Waals surface area (Å²) in [5.74, 6) is -1.47. The van der Waals surface area contributed by atoms with Crippen molar-refractivity contribution in [1.29, 1.82) is 0 Å². The smallest absolute Gasteiger partial charge is 0.330 e. The topological polar surface area (TPSA) is 137 Å². The maximum atomic E-state index is 14.8. The number of aliphatic hydroxyl groups excluding tert-OH is 1. The minimum Gasteiger partial charge on any atom is -0.458 e. The molecular weight excluding hydrogens is 349 g/mol. The highest BCUT2D eigenvalue weighted by molar-refractivity contribution is 5.75. The van der Waals surface area contributed by atoms with E-state index >= 15 is 0 Å². The van der Waals surface area contributed by atoms with Gasteiger partial charge in [0.05, 0.1) is 0 Å². The van der Waals surface area contributed by atoms with Crippen LogP contribution in [0.4, 0.5) is 4.39 Å². The first kappa shape index (κ1) is 19.8. The highest BCUT2D eigenvalue weighted by atomic mass is 19.2. The van der Waals surface area contributed by atoms with Crippen LogP contribution in [0.1, 0.15) is 32.1 Å². The molecule has 0 saturated carbocycles. The third-order valence-corrected chi connectivity index (χ3v) is 3.99. The van der Waals surface area contributed by atoms with Crippen molar-refractivity contribution in [2.24, 2.45) is 11.7 Å². The molecule has 1 aliphatic heterocycles. The number of terminal acetylenes is 1. The van der Waals surface area contributed by atoms with Gasteiger partial charge in [0.1, 0.15) is 17.7 Å². The van der Waals surface area contributed by atoms with E-state index in [0.717, 1.165) is 10.8 Å². The normalized spacial score (nSPS) is 26.5. The second kappa shape index (κ2) is 7.41. The summed E-state index contributed by atoms with van der Waals surface area (Å²) in [4.78, 5) is 37.1. The van der Waals surface area contributed by atoms with Crippen LogP contribution in [0.3, 0.4) is 0 Å². The Balaban J connectivity index is 2.17. The van der Waals surface area contributed by atoms with Gasteiger partial charge in [-0.3, -0.25) is 19.1 Å². The molecule has 10 heteroatoms. The number of nitrogens with two attached hydrogens (primary N) is 1. The molecule has 1 fully saturated rings. The van der Waals surface area contributed by atoms with Crippen LogP contribution < -0.4 is 17.0 Å². The zero-order chi connectivity index (χ0) is 19.6. The van der Waals surface area contributed by atoms with Crippen LogP contribution in [0.2, 0.25) is 0 Å². The van der Waals surface area contributed by atoms with E-state index in [2.05, 4.69) is 5.92 Å². The summed E-state index contributed by atoms with van der Waals surface area (Å²) in [6, 6.07) is -0.930. The molecule has 4 N–H and O–H groups in total. The summed E-state index contributed by atoms with van der Waals surface area (Å²) < 4.78 is 25.5. The number of hydrogen-bond acceptors (Lipinski definition) is 7. The van der Waals surface area contributed by atoms with Crippen LogP contribution in [-0.4, -0.2) is 45.2 Å². The number of ether oxygens (including phenoxy) is 2. The number of carbonyl (C=O) groups excluding carboxylic acids is 1. The van der Waals surface area contributed by atoms with E-state index in [1.807, 2.05) is 4.98 Å². The van der Waals surface area contributed by atoms with Crippen LogP contribution in [0.5, 0.6) is 0 Å². The van der Waals surface area contributed by atoms with Crippen LogP contribution >= 0.6 is 0 Å². The molecule has 1 aromatic rings. The summed E-state index contributed by atoms with van der Waals surface area (Å²) in [6.07, 6.45) is 2.70. The summed E-state index contributed by atoms with van der Waals surface area (Å²) >= 11 is 0. The minimum absolute atomic E-state index is 0.189. The zero-order valence-electron chi connectivity index (χ0n) is 14.3. The molecular formula is C16H20FN3O6. The van der Waals surface area contributed by atoms with Crippen molar-refractivity contribution in [3.8, 4) is 12.3 Å². The molecule has 9 nitrogen and oxygen atoms in total. The SMILES string of the molecule is C#Cc1cn([C@@H]2O[C@](F)(COC(=O)[C@@H](N)C(C)C)C[C@H]2O)c(=O)[nH]c1=O. The number of aliphatic hydroxyl groups is 1. The molecule has 1 aromatic heterocycles. The van der Waals surface area contributed by atoms with Gasteiger partial charge >= 0.3 is 11.7 Å². The highest BCUT2D eigenvalue weighted by Crippen LogP contribution is 2.37. The van der Waals surface area contributed by atoms with Crippen LogP contribution in [-0.2, 0) is 14.3 Å². The second-order valence-corrected chi connectivity index (χ2v) is 6.39. The average Bonchev–Trinajstić information content (AvgIpc) is 2.87.